The second-order valence-corrected chi connectivity index (χ2v) is 8.25. The molecule has 4 rings (SSSR count). The molecule has 2 unspecified atom stereocenters. The molecule has 1 fully saturated rings. The van der Waals surface area contributed by atoms with Gasteiger partial charge in [0, 0.05) is 30.3 Å². The summed E-state index contributed by atoms with van der Waals surface area (Å²) in [6.07, 6.45) is 4.09. The molecule has 0 bridgehead atoms. The van der Waals surface area contributed by atoms with Crippen LogP contribution >= 0.6 is 0 Å². The maximum absolute atomic E-state index is 12.9. The first-order valence-corrected chi connectivity index (χ1v) is 10.9. The number of benzene rings is 2. The van der Waals surface area contributed by atoms with E-state index in [9.17, 15) is 9.59 Å². The van der Waals surface area contributed by atoms with Gasteiger partial charge in [0.1, 0.15) is 11.5 Å². The number of carboxylic acids is 1. The standard InChI is InChI=1S/C26H27NO5/c1-27(25(28)19-12-10-18(11-13-19)23-9-5-15-31-23)17-21-6-2-3-8-24(21)32-14-4-7-20-16-22(20)26(29)30/h2-3,5-6,8-13,15,20,22H,4,7,14,16-17H2,1H3,(H,29,30). The molecule has 2 atom stereocenters. The monoisotopic (exact) mass is 433 g/mol. The normalized spacial score (nSPS) is 17.0. The van der Waals surface area contributed by atoms with Crippen molar-refractivity contribution in [3.05, 3.63) is 78.1 Å². The molecular weight excluding hydrogens is 406 g/mol. The fourth-order valence-electron chi connectivity index (χ4n) is 3.94. The van der Waals surface area contributed by atoms with Crippen LogP contribution in [0.1, 0.15) is 35.2 Å². The van der Waals surface area contributed by atoms with Gasteiger partial charge in [0.25, 0.3) is 5.91 Å². The number of amides is 1. The van der Waals surface area contributed by atoms with Crippen molar-refractivity contribution in [2.75, 3.05) is 13.7 Å². The zero-order chi connectivity index (χ0) is 22.5. The number of nitrogens with zero attached hydrogens (tertiary/aromatic N) is 1. The van der Waals surface area contributed by atoms with E-state index >= 15 is 0 Å². The van der Waals surface area contributed by atoms with E-state index in [1.54, 1.807) is 30.3 Å². The number of rotatable bonds is 10. The van der Waals surface area contributed by atoms with E-state index in [0.717, 1.165) is 41.9 Å². The van der Waals surface area contributed by atoms with Crippen LogP contribution in [-0.2, 0) is 11.3 Å². The van der Waals surface area contributed by atoms with Gasteiger partial charge < -0.3 is 19.2 Å². The maximum Gasteiger partial charge on any atom is 0.306 e. The fraction of sp³-hybridized carbons (Fsp3) is 0.308. The molecule has 1 aromatic heterocycles. The molecule has 2 aromatic carbocycles. The molecule has 32 heavy (non-hydrogen) atoms. The lowest BCUT2D eigenvalue weighted by atomic mass is 10.1. The summed E-state index contributed by atoms with van der Waals surface area (Å²) >= 11 is 0. The lowest BCUT2D eigenvalue weighted by molar-refractivity contribution is -0.138. The second-order valence-electron chi connectivity index (χ2n) is 8.25. The van der Waals surface area contributed by atoms with Crippen LogP contribution in [0.2, 0.25) is 0 Å². The molecule has 1 N–H and O–H groups in total. The van der Waals surface area contributed by atoms with Crippen molar-refractivity contribution in [1.82, 2.24) is 4.90 Å². The van der Waals surface area contributed by atoms with Crippen LogP contribution in [0, 0.1) is 11.8 Å². The third-order valence-corrected chi connectivity index (χ3v) is 5.88. The van der Waals surface area contributed by atoms with Gasteiger partial charge in [0.2, 0.25) is 0 Å². The molecular formula is C26H27NO5. The van der Waals surface area contributed by atoms with Crippen molar-refractivity contribution < 1.29 is 23.8 Å². The molecule has 0 radical (unpaired) electrons. The number of carbonyl (C=O) groups excluding carboxylic acids is 1. The molecule has 6 heteroatoms. The lowest BCUT2D eigenvalue weighted by Gasteiger charge is -2.19. The molecule has 0 aliphatic heterocycles. The van der Waals surface area contributed by atoms with Crippen molar-refractivity contribution in [2.45, 2.75) is 25.8 Å². The second kappa shape index (κ2) is 9.73. The Morgan fingerprint density at radius 3 is 2.56 bits per heavy atom. The van der Waals surface area contributed by atoms with Gasteiger partial charge >= 0.3 is 5.97 Å². The zero-order valence-electron chi connectivity index (χ0n) is 18.1. The molecule has 1 heterocycles. The number of ether oxygens (including phenoxy) is 1. The van der Waals surface area contributed by atoms with E-state index in [0.29, 0.717) is 18.7 Å². The first-order chi connectivity index (χ1) is 15.5. The Labute approximate surface area is 187 Å². The topological polar surface area (TPSA) is 80.0 Å². The molecule has 1 aliphatic carbocycles. The summed E-state index contributed by atoms with van der Waals surface area (Å²) < 4.78 is 11.4. The number of para-hydroxylation sites is 1. The molecule has 0 spiro atoms. The average Bonchev–Trinajstić information content (AvgIpc) is 3.38. The van der Waals surface area contributed by atoms with Gasteiger partial charge in [-0.25, -0.2) is 0 Å². The van der Waals surface area contributed by atoms with E-state index < -0.39 is 5.97 Å². The Kier molecular flexibility index (Phi) is 6.59. The van der Waals surface area contributed by atoms with Gasteiger partial charge in [-0.3, -0.25) is 9.59 Å². The molecule has 6 nitrogen and oxygen atoms in total. The largest absolute Gasteiger partial charge is 0.493 e. The Morgan fingerprint density at radius 2 is 1.88 bits per heavy atom. The van der Waals surface area contributed by atoms with Gasteiger partial charge in [0.05, 0.1) is 18.8 Å². The molecule has 1 amide bonds. The Balaban J connectivity index is 1.31. The lowest BCUT2D eigenvalue weighted by Crippen LogP contribution is -2.26. The molecule has 1 saturated carbocycles. The minimum atomic E-state index is -0.690. The summed E-state index contributed by atoms with van der Waals surface area (Å²) in [6, 6.07) is 18.8. The van der Waals surface area contributed by atoms with Gasteiger partial charge in [-0.15, -0.1) is 0 Å². The smallest absolute Gasteiger partial charge is 0.306 e. The first kappa shape index (κ1) is 21.7. The van der Waals surface area contributed by atoms with E-state index in [2.05, 4.69) is 0 Å². The predicted molar refractivity (Wildman–Crippen MR) is 120 cm³/mol. The van der Waals surface area contributed by atoms with E-state index in [1.165, 1.54) is 0 Å². The van der Waals surface area contributed by atoms with Crippen LogP contribution in [0.15, 0.2) is 71.3 Å². The maximum atomic E-state index is 12.9. The van der Waals surface area contributed by atoms with Crippen molar-refractivity contribution >= 4 is 11.9 Å². The Bertz CT molecular complexity index is 1060. The van der Waals surface area contributed by atoms with Crippen LogP contribution in [-0.4, -0.2) is 35.5 Å². The Morgan fingerprint density at radius 1 is 1.09 bits per heavy atom. The van der Waals surface area contributed by atoms with Crippen molar-refractivity contribution in [3.63, 3.8) is 0 Å². The number of carbonyl (C=O) groups is 2. The first-order valence-electron chi connectivity index (χ1n) is 10.9. The quantitative estimate of drug-likeness (QED) is 0.450. The minimum absolute atomic E-state index is 0.0701. The third kappa shape index (κ3) is 5.19. The summed E-state index contributed by atoms with van der Waals surface area (Å²) in [7, 11) is 1.78. The van der Waals surface area contributed by atoms with Crippen LogP contribution in [0.5, 0.6) is 5.75 Å². The highest BCUT2D eigenvalue weighted by Crippen LogP contribution is 2.42. The Hall–Kier alpha value is -3.54. The zero-order valence-corrected chi connectivity index (χ0v) is 18.1. The van der Waals surface area contributed by atoms with Gasteiger partial charge in [-0.1, -0.05) is 30.3 Å². The highest BCUT2D eigenvalue weighted by molar-refractivity contribution is 5.94. The van der Waals surface area contributed by atoms with Gasteiger partial charge in [-0.05, 0) is 55.5 Å². The summed E-state index contributed by atoms with van der Waals surface area (Å²) in [4.78, 5) is 25.5. The van der Waals surface area contributed by atoms with Crippen molar-refractivity contribution in [2.24, 2.45) is 11.8 Å². The minimum Gasteiger partial charge on any atom is -0.493 e. The van der Waals surface area contributed by atoms with Crippen molar-refractivity contribution in [3.8, 4) is 17.1 Å². The van der Waals surface area contributed by atoms with E-state index in [-0.39, 0.29) is 17.7 Å². The summed E-state index contributed by atoms with van der Waals surface area (Å²) in [5.41, 5.74) is 2.47. The average molecular weight is 434 g/mol. The fourth-order valence-corrected chi connectivity index (χ4v) is 3.94. The van der Waals surface area contributed by atoms with Crippen LogP contribution in [0.25, 0.3) is 11.3 Å². The summed E-state index contributed by atoms with van der Waals surface area (Å²) in [5.74, 6) is 0.877. The van der Waals surface area contributed by atoms with Gasteiger partial charge in [0.15, 0.2) is 0 Å². The number of carboxylic acid groups (broad SMARTS) is 1. The number of hydrogen-bond donors (Lipinski definition) is 1. The summed E-state index contributed by atoms with van der Waals surface area (Å²) in [6.45, 7) is 0.963. The molecule has 3 aromatic rings. The number of hydrogen-bond acceptors (Lipinski definition) is 4. The van der Waals surface area contributed by atoms with E-state index in [1.807, 2.05) is 48.5 Å². The number of furan rings is 1. The third-order valence-electron chi connectivity index (χ3n) is 5.88. The summed E-state index contributed by atoms with van der Waals surface area (Å²) in [5, 5.41) is 8.99. The van der Waals surface area contributed by atoms with Crippen LogP contribution in [0.4, 0.5) is 0 Å². The number of aliphatic carboxylic acids is 1. The van der Waals surface area contributed by atoms with Crippen LogP contribution < -0.4 is 4.74 Å². The van der Waals surface area contributed by atoms with Crippen molar-refractivity contribution in [1.29, 1.82) is 0 Å². The molecule has 166 valence electrons. The predicted octanol–water partition coefficient (Wildman–Crippen LogP) is 5.10. The highest BCUT2D eigenvalue weighted by Gasteiger charge is 2.42. The SMILES string of the molecule is CN(Cc1ccccc1OCCCC1CC1C(=O)O)C(=O)c1ccc(-c2ccco2)cc1. The van der Waals surface area contributed by atoms with Crippen LogP contribution in [0.3, 0.4) is 0 Å². The molecule has 1 aliphatic rings. The molecule has 0 saturated heterocycles. The van der Waals surface area contributed by atoms with E-state index in [4.69, 9.17) is 14.3 Å². The highest BCUT2D eigenvalue weighted by atomic mass is 16.5. The van der Waals surface area contributed by atoms with Gasteiger partial charge in [-0.2, -0.15) is 0 Å².